The first kappa shape index (κ1) is 20.2. The van der Waals surface area contributed by atoms with E-state index in [4.69, 9.17) is 9.47 Å². The normalized spacial score (nSPS) is 10.9. The minimum absolute atomic E-state index is 0.0951. The zero-order valence-corrected chi connectivity index (χ0v) is 15.9. The second kappa shape index (κ2) is 10.7. The molecule has 4 heteroatoms. The SMILES string of the molecule is OCc1cc(CO)c(COCc2ccccc2)cc1COCc1ccccc1. The van der Waals surface area contributed by atoms with E-state index >= 15 is 0 Å². The van der Waals surface area contributed by atoms with Crippen LogP contribution in [0.4, 0.5) is 0 Å². The van der Waals surface area contributed by atoms with E-state index in [9.17, 15) is 10.2 Å². The van der Waals surface area contributed by atoms with Gasteiger partial charge in [0.25, 0.3) is 0 Å². The van der Waals surface area contributed by atoms with Crippen molar-refractivity contribution >= 4 is 0 Å². The smallest absolute Gasteiger partial charge is 0.0725 e. The summed E-state index contributed by atoms with van der Waals surface area (Å²) in [4.78, 5) is 0. The van der Waals surface area contributed by atoms with Crippen LogP contribution in [0.3, 0.4) is 0 Å². The van der Waals surface area contributed by atoms with E-state index in [0.29, 0.717) is 26.4 Å². The molecule has 0 radical (unpaired) electrons. The Morgan fingerprint density at radius 3 is 1.29 bits per heavy atom. The fourth-order valence-electron chi connectivity index (χ4n) is 3.06. The van der Waals surface area contributed by atoms with Crippen LogP contribution in [0.5, 0.6) is 0 Å². The molecule has 0 unspecified atom stereocenters. The predicted octanol–water partition coefficient (Wildman–Crippen LogP) is 4.10. The van der Waals surface area contributed by atoms with Gasteiger partial charge >= 0.3 is 0 Å². The fraction of sp³-hybridized carbons (Fsp3) is 0.250. The van der Waals surface area contributed by atoms with Crippen LogP contribution < -0.4 is 0 Å². The number of ether oxygens (including phenoxy) is 2. The second-order valence-electron chi connectivity index (χ2n) is 6.66. The number of hydrogen-bond acceptors (Lipinski definition) is 4. The maximum atomic E-state index is 9.70. The Kier molecular flexibility index (Phi) is 7.76. The Labute approximate surface area is 166 Å². The van der Waals surface area contributed by atoms with Gasteiger partial charge in [-0.05, 0) is 33.4 Å². The van der Waals surface area contributed by atoms with Gasteiger partial charge in [0.15, 0.2) is 0 Å². The van der Waals surface area contributed by atoms with Gasteiger partial charge < -0.3 is 19.7 Å². The maximum Gasteiger partial charge on any atom is 0.0725 e. The van der Waals surface area contributed by atoms with Crippen molar-refractivity contribution in [2.24, 2.45) is 0 Å². The Morgan fingerprint density at radius 1 is 0.500 bits per heavy atom. The summed E-state index contributed by atoms with van der Waals surface area (Å²) in [7, 11) is 0. The van der Waals surface area contributed by atoms with Crippen LogP contribution in [0.2, 0.25) is 0 Å². The van der Waals surface area contributed by atoms with E-state index in [1.807, 2.05) is 72.8 Å². The van der Waals surface area contributed by atoms with Crippen molar-refractivity contribution in [1.82, 2.24) is 0 Å². The van der Waals surface area contributed by atoms with Gasteiger partial charge in [0, 0.05) is 0 Å². The molecule has 0 amide bonds. The van der Waals surface area contributed by atoms with Gasteiger partial charge in [-0.25, -0.2) is 0 Å². The summed E-state index contributed by atoms with van der Waals surface area (Å²) >= 11 is 0. The minimum Gasteiger partial charge on any atom is -0.392 e. The van der Waals surface area contributed by atoms with Crippen LogP contribution in [0.1, 0.15) is 33.4 Å². The highest BCUT2D eigenvalue weighted by Crippen LogP contribution is 2.21. The van der Waals surface area contributed by atoms with Crippen molar-refractivity contribution in [1.29, 1.82) is 0 Å². The Morgan fingerprint density at radius 2 is 0.893 bits per heavy atom. The van der Waals surface area contributed by atoms with E-state index in [-0.39, 0.29) is 13.2 Å². The molecule has 3 aromatic carbocycles. The molecule has 0 saturated carbocycles. The van der Waals surface area contributed by atoms with Crippen molar-refractivity contribution in [3.63, 3.8) is 0 Å². The van der Waals surface area contributed by atoms with E-state index in [0.717, 1.165) is 33.4 Å². The average molecular weight is 378 g/mol. The third-order valence-electron chi connectivity index (χ3n) is 4.60. The molecule has 0 fully saturated rings. The van der Waals surface area contributed by atoms with Gasteiger partial charge in [-0.15, -0.1) is 0 Å². The number of rotatable bonds is 10. The first-order chi connectivity index (χ1) is 13.8. The zero-order chi connectivity index (χ0) is 19.6. The van der Waals surface area contributed by atoms with Crippen molar-refractivity contribution in [3.8, 4) is 0 Å². The van der Waals surface area contributed by atoms with E-state index in [2.05, 4.69) is 0 Å². The Bertz CT molecular complexity index is 778. The zero-order valence-electron chi connectivity index (χ0n) is 15.9. The molecular formula is C24H26O4. The quantitative estimate of drug-likeness (QED) is 0.558. The fourth-order valence-corrected chi connectivity index (χ4v) is 3.06. The van der Waals surface area contributed by atoms with Gasteiger partial charge in [-0.3, -0.25) is 0 Å². The van der Waals surface area contributed by atoms with E-state index in [1.54, 1.807) is 0 Å². The minimum atomic E-state index is -0.0951. The number of aliphatic hydroxyl groups is 2. The molecule has 0 aliphatic carbocycles. The van der Waals surface area contributed by atoms with Crippen LogP contribution in [-0.4, -0.2) is 10.2 Å². The van der Waals surface area contributed by atoms with Crippen LogP contribution in [-0.2, 0) is 49.1 Å². The lowest BCUT2D eigenvalue weighted by molar-refractivity contribution is 0.101. The molecule has 0 bridgehead atoms. The molecule has 4 nitrogen and oxygen atoms in total. The van der Waals surface area contributed by atoms with Gasteiger partial charge in [0.1, 0.15) is 0 Å². The average Bonchev–Trinajstić information content (AvgIpc) is 2.75. The van der Waals surface area contributed by atoms with Gasteiger partial charge in [-0.2, -0.15) is 0 Å². The van der Waals surface area contributed by atoms with E-state index in [1.165, 1.54) is 0 Å². The molecule has 0 spiro atoms. The van der Waals surface area contributed by atoms with Crippen molar-refractivity contribution in [3.05, 3.63) is 106 Å². The molecule has 0 aliphatic heterocycles. The molecule has 3 aromatic rings. The molecule has 0 aliphatic rings. The monoisotopic (exact) mass is 378 g/mol. The highest BCUT2D eigenvalue weighted by Gasteiger charge is 2.10. The molecule has 0 saturated heterocycles. The molecule has 0 aromatic heterocycles. The Hall–Kier alpha value is -2.50. The molecule has 0 heterocycles. The maximum absolute atomic E-state index is 9.70. The summed E-state index contributed by atoms with van der Waals surface area (Å²) in [5, 5.41) is 19.4. The molecule has 3 rings (SSSR count). The molecule has 0 atom stereocenters. The van der Waals surface area contributed by atoms with Crippen LogP contribution >= 0.6 is 0 Å². The molecule has 28 heavy (non-hydrogen) atoms. The first-order valence-electron chi connectivity index (χ1n) is 9.38. The first-order valence-corrected chi connectivity index (χ1v) is 9.38. The lowest BCUT2D eigenvalue weighted by atomic mass is 9.99. The summed E-state index contributed by atoms with van der Waals surface area (Å²) in [5.74, 6) is 0. The largest absolute Gasteiger partial charge is 0.392 e. The van der Waals surface area contributed by atoms with Crippen molar-refractivity contribution in [2.75, 3.05) is 0 Å². The third-order valence-corrected chi connectivity index (χ3v) is 4.60. The summed E-state index contributed by atoms with van der Waals surface area (Å²) in [6.07, 6.45) is 0. The van der Waals surface area contributed by atoms with Crippen LogP contribution in [0.15, 0.2) is 72.8 Å². The topological polar surface area (TPSA) is 58.9 Å². The van der Waals surface area contributed by atoms with Crippen LogP contribution in [0, 0.1) is 0 Å². The highest BCUT2D eigenvalue weighted by atomic mass is 16.5. The number of hydrogen-bond donors (Lipinski definition) is 2. The molecular weight excluding hydrogens is 352 g/mol. The van der Waals surface area contributed by atoms with Crippen LogP contribution in [0.25, 0.3) is 0 Å². The number of benzene rings is 3. The van der Waals surface area contributed by atoms with Crippen molar-refractivity contribution in [2.45, 2.75) is 39.6 Å². The standard InChI is InChI=1S/C24H26O4/c25-13-21-11-22(14-26)24(18-28-16-20-9-5-2-6-10-20)12-23(21)17-27-15-19-7-3-1-4-8-19/h1-12,25-26H,13-18H2. The second-order valence-corrected chi connectivity index (χ2v) is 6.66. The lowest BCUT2D eigenvalue weighted by Crippen LogP contribution is -2.05. The lowest BCUT2D eigenvalue weighted by Gasteiger charge is -2.15. The predicted molar refractivity (Wildman–Crippen MR) is 108 cm³/mol. The Balaban J connectivity index is 1.65. The van der Waals surface area contributed by atoms with Crippen molar-refractivity contribution < 1.29 is 19.7 Å². The van der Waals surface area contributed by atoms with Gasteiger partial charge in [0.2, 0.25) is 0 Å². The summed E-state index contributed by atoms with van der Waals surface area (Å²) in [6.45, 7) is 1.61. The molecule has 2 N–H and O–H groups in total. The summed E-state index contributed by atoms with van der Waals surface area (Å²) < 4.78 is 11.7. The summed E-state index contributed by atoms with van der Waals surface area (Å²) in [5.41, 5.74) is 5.56. The highest BCUT2D eigenvalue weighted by molar-refractivity contribution is 5.37. The third kappa shape index (κ3) is 5.75. The van der Waals surface area contributed by atoms with Gasteiger partial charge in [-0.1, -0.05) is 72.8 Å². The van der Waals surface area contributed by atoms with Gasteiger partial charge in [0.05, 0.1) is 39.6 Å². The molecule has 146 valence electrons. The summed E-state index contributed by atoms with van der Waals surface area (Å²) in [6, 6.07) is 23.8. The van der Waals surface area contributed by atoms with E-state index < -0.39 is 0 Å². The number of aliphatic hydroxyl groups excluding tert-OH is 2.